The molecule has 8 heteroatoms. The second-order valence-corrected chi connectivity index (χ2v) is 5.87. The molecule has 1 aromatic carbocycles. The summed E-state index contributed by atoms with van der Waals surface area (Å²) in [6.07, 6.45) is 2.50. The number of fused-ring (bicyclic) bond motifs is 1. The zero-order chi connectivity index (χ0) is 18.2. The number of nitrogens with zero attached hydrogens (tertiary/aromatic N) is 3. The van der Waals surface area contributed by atoms with Crippen LogP contribution in [0.25, 0.3) is 11.0 Å². The number of imidazole rings is 1. The fourth-order valence-corrected chi connectivity index (χ4v) is 2.40. The minimum atomic E-state index is -0.195. The van der Waals surface area contributed by atoms with Gasteiger partial charge >= 0.3 is 6.03 Å². The average molecular weight is 347 g/mol. The molecule has 0 radical (unpaired) electrons. The Balaban J connectivity index is 1.87. The molecule has 1 aromatic heterocycles. The highest BCUT2D eigenvalue weighted by Crippen LogP contribution is 2.15. The first-order valence-electron chi connectivity index (χ1n) is 8.20. The Labute approximate surface area is 147 Å². The largest absolute Gasteiger partial charge is 0.385 e. The summed E-state index contributed by atoms with van der Waals surface area (Å²) in [5, 5.41) is 5.57. The molecule has 0 atom stereocenters. The van der Waals surface area contributed by atoms with Crippen molar-refractivity contribution in [2.75, 3.05) is 40.9 Å². The van der Waals surface area contributed by atoms with Crippen LogP contribution in [0.2, 0.25) is 0 Å². The van der Waals surface area contributed by atoms with Crippen LogP contribution in [0.1, 0.15) is 16.8 Å². The molecule has 1 heterocycles. The third kappa shape index (κ3) is 5.18. The van der Waals surface area contributed by atoms with E-state index in [-0.39, 0.29) is 11.9 Å². The Kier molecular flexibility index (Phi) is 6.76. The second-order valence-electron chi connectivity index (χ2n) is 5.87. The molecule has 2 N–H and O–H groups in total. The summed E-state index contributed by atoms with van der Waals surface area (Å²) in [6.45, 7) is 2.29. The molecule has 0 aliphatic carbocycles. The zero-order valence-corrected chi connectivity index (χ0v) is 14.9. The van der Waals surface area contributed by atoms with E-state index in [9.17, 15) is 9.59 Å². The third-order valence-electron chi connectivity index (χ3n) is 3.72. The van der Waals surface area contributed by atoms with Crippen molar-refractivity contribution in [3.63, 3.8) is 0 Å². The van der Waals surface area contributed by atoms with Gasteiger partial charge in [0.05, 0.1) is 17.4 Å². The van der Waals surface area contributed by atoms with Gasteiger partial charge in [-0.2, -0.15) is 0 Å². The van der Waals surface area contributed by atoms with Crippen molar-refractivity contribution in [2.24, 2.45) is 0 Å². The van der Waals surface area contributed by atoms with Crippen molar-refractivity contribution in [3.05, 3.63) is 30.1 Å². The number of hydrogen-bond donors (Lipinski definition) is 2. The lowest BCUT2D eigenvalue weighted by atomic mass is 10.2. The van der Waals surface area contributed by atoms with E-state index in [2.05, 4.69) is 15.6 Å². The van der Waals surface area contributed by atoms with Gasteiger partial charge in [-0.05, 0) is 24.6 Å². The molecule has 0 fully saturated rings. The van der Waals surface area contributed by atoms with Gasteiger partial charge in [-0.3, -0.25) is 4.79 Å². The van der Waals surface area contributed by atoms with Crippen LogP contribution in [0.15, 0.2) is 24.5 Å². The van der Waals surface area contributed by atoms with Crippen LogP contribution in [-0.4, -0.2) is 67.3 Å². The van der Waals surface area contributed by atoms with Gasteiger partial charge in [-0.25, -0.2) is 9.78 Å². The van der Waals surface area contributed by atoms with E-state index >= 15 is 0 Å². The number of carbonyl (C=O) groups is 2. The van der Waals surface area contributed by atoms with Gasteiger partial charge in [-0.1, -0.05) is 0 Å². The van der Waals surface area contributed by atoms with Crippen molar-refractivity contribution in [2.45, 2.75) is 13.0 Å². The molecule has 0 saturated carbocycles. The van der Waals surface area contributed by atoms with E-state index in [1.54, 1.807) is 39.7 Å². The lowest BCUT2D eigenvalue weighted by Gasteiger charge is -2.10. The molecule has 0 bridgehead atoms. The predicted molar refractivity (Wildman–Crippen MR) is 95.6 cm³/mol. The molecule has 3 amide bonds. The lowest BCUT2D eigenvalue weighted by molar-refractivity contribution is 0.0827. The number of urea groups is 1. The molecule has 136 valence electrons. The predicted octanol–water partition coefficient (Wildman–Crippen LogP) is 1.07. The number of nitrogens with one attached hydrogen (secondary N) is 2. The maximum absolute atomic E-state index is 12.0. The van der Waals surface area contributed by atoms with Gasteiger partial charge in [0.1, 0.15) is 0 Å². The van der Waals surface area contributed by atoms with Gasteiger partial charge in [0, 0.05) is 53.0 Å². The topological polar surface area (TPSA) is 88.5 Å². The monoisotopic (exact) mass is 347 g/mol. The number of carbonyl (C=O) groups excluding carboxylic acids is 2. The summed E-state index contributed by atoms with van der Waals surface area (Å²) in [7, 11) is 5.07. The number of hydrogen-bond acceptors (Lipinski definition) is 4. The number of amides is 3. The van der Waals surface area contributed by atoms with Crippen LogP contribution in [0.4, 0.5) is 4.79 Å². The fourth-order valence-electron chi connectivity index (χ4n) is 2.40. The maximum atomic E-state index is 12.0. The van der Waals surface area contributed by atoms with Gasteiger partial charge in [0.2, 0.25) is 0 Å². The minimum Gasteiger partial charge on any atom is -0.385 e. The summed E-state index contributed by atoms with van der Waals surface area (Å²) in [5.41, 5.74) is 2.30. The standard InChI is InChI=1S/C17H25N5O3/c1-21(2)16(23)13-5-6-15-14(11-13)20-12-22(15)9-8-19-17(24)18-7-4-10-25-3/h5-6,11-12H,4,7-10H2,1-3H3,(H2,18,19,24). The number of rotatable bonds is 8. The molecular formula is C17H25N5O3. The second kappa shape index (κ2) is 9.03. The summed E-state index contributed by atoms with van der Waals surface area (Å²) in [4.78, 5) is 29.5. The van der Waals surface area contributed by atoms with Gasteiger partial charge < -0.3 is 24.8 Å². The summed E-state index contributed by atoms with van der Waals surface area (Å²) in [5.74, 6) is -0.0525. The molecule has 2 rings (SSSR count). The highest BCUT2D eigenvalue weighted by Gasteiger charge is 2.10. The first-order chi connectivity index (χ1) is 12.0. The van der Waals surface area contributed by atoms with Crippen molar-refractivity contribution < 1.29 is 14.3 Å². The zero-order valence-electron chi connectivity index (χ0n) is 14.9. The van der Waals surface area contributed by atoms with Crippen LogP contribution in [0.5, 0.6) is 0 Å². The summed E-state index contributed by atoms with van der Waals surface area (Å²) >= 11 is 0. The molecule has 0 aliphatic heterocycles. The first-order valence-corrected chi connectivity index (χ1v) is 8.20. The number of benzene rings is 1. The Morgan fingerprint density at radius 3 is 2.72 bits per heavy atom. The molecule has 25 heavy (non-hydrogen) atoms. The van der Waals surface area contributed by atoms with E-state index < -0.39 is 0 Å². The highest BCUT2D eigenvalue weighted by molar-refractivity contribution is 5.97. The normalized spacial score (nSPS) is 10.7. The van der Waals surface area contributed by atoms with E-state index in [4.69, 9.17) is 4.74 Å². The highest BCUT2D eigenvalue weighted by atomic mass is 16.5. The van der Waals surface area contributed by atoms with Gasteiger partial charge in [0.15, 0.2) is 0 Å². The SMILES string of the molecule is COCCCNC(=O)NCCn1cnc2cc(C(=O)N(C)C)ccc21. The third-order valence-corrected chi connectivity index (χ3v) is 3.72. The van der Waals surface area contributed by atoms with E-state index in [1.165, 1.54) is 4.90 Å². The quantitative estimate of drug-likeness (QED) is 0.699. The molecular weight excluding hydrogens is 322 g/mol. The molecule has 0 unspecified atom stereocenters. The van der Waals surface area contributed by atoms with Crippen LogP contribution < -0.4 is 10.6 Å². The molecule has 0 spiro atoms. The summed E-state index contributed by atoms with van der Waals surface area (Å²) in [6, 6.07) is 5.26. The Morgan fingerprint density at radius 1 is 1.24 bits per heavy atom. The van der Waals surface area contributed by atoms with Crippen LogP contribution in [-0.2, 0) is 11.3 Å². The van der Waals surface area contributed by atoms with Crippen LogP contribution in [0, 0.1) is 0 Å². The van der Waals surface area contributed by atoms with Crippen LogP contribution >= 0.6 is 0 Å². The van der Waals surface area contributed by atoms with Crippen molar-refractivity contribution in [1.29, 1.82) is 0 Å². The van der Waals surface area contributed by atoms with E-state index in [0.29, 0.717) is 31.8 Å². The smallest absolute Gasteiger partial charge is 0.314 e. The number of ether oxygens (including phenoxy) is 1. The number of methoxy groups -OCH3 is 1. The van der Waals surface area contributed by atoms with E-state index in [0.717, 1.165) is 17.5 Å². The van der Waals surface area contributed by atoms with Crippen molar-refractivity contribution in [1.82, 2.24) is 25.1 Å². The average Bonchev–Trinajstić information content (AvgIpc) is 3.00. The Bertz CT molecular complexity index is 726. The van der Waals surface area contributed by atoms with Gasteiger partial charge in [-0.15, -0.1) is 0 Å². The Morgan fingerprint density at radius 2 is 2.00 bits per heavy atom. The molecule has 8 nitrogen and oxygen atoms in total. The maximum Gasteiger partial charge on any atom is 0.314 e. The lowest BCUT2D eigenvalue weighted by Crippen LogP contribution is -2.37. The molecule has 0 aliphatic rings. The number of aromatic nitrogens is 2. The van der Waals surface area contributed by atoms with Crippen LogP contribution in [0.3, 0.4) is 0 Å². The summed E-state index contributed by atoms with van der Waals surface area (Å²) < 4.78 is 6.87. The van der Waals surface area contributed by atoms with Crippen molar-refractivity contribution >= 4 is 23.0 Å². The Hall–Kier alpha value is -2.61. The molecule has 0 saturated heterocycles. The van der Waals surface area contributed by atoms with Gasteiger partial charge in [0.25, 0.3) is 5.91 Å². The minimum absolute atomic E-state index is 0.0525. The first kappa shape index (κ1) is 18.7. The fraction of sp³-hybridized carbons (Fsp3) is 0.471. The molecule has 2 aromatic rings. The van der Waals surface area contributed by atoms with E-state index in [1.807, 2.05) is 10.6 Å². The van der Waals surface area contributed by atoms with Crippen molar-refractivity contribution in [3.8, 4) is 0 Å².